The second kappa shape index (κ2) is 6.64. The number of nitrogens with zero attached hydrogens (tertiary/aromatic N) is 3. The minimum Gasteiger partial charge on any atom is -0.247 e. The minimum atomic E-state index is 1.05. The lowest BCUT2D eigenvalue weighted by Gasteiger charge is -2.14. The molecular weight excluding hydrogens is 390 g/mol. The van der Waals surface area contributed by atoms with Gasteiger partial charge in [0.25, 0.3) is 5.65 Å². The molecule has 0 unspecified atom stereocenters. The number of aryl methyl sites for hydroxylation is 5. The molecule has 3 nitrogen and oxygen atoms in total. The first-order chi connectivity index (χ1) is 15.5. The molecule has 6 rings (SSSR count). The first-order valence-electron chi connectivity index (χ1n) is 11.2. The fourth-order valence-electron chi connectivity index (χ4n) is 5.47. The number of hydrogen-bond acceptors (Lipinski definition) is 1. The maximum absolute atomic E-state index is 5.35. The molecule has 3 heteroatoms. The van der Waals surface area contributed by atoms with Gasteiger partial charge in [0.1, 0.15) is 5.52 Å². The van der Waals surface area contributed by atoms with Crippen LogP contribution < -0.4 is 4.57 Å². The predicted molar refractivity (Wildman–Crippen MR) is 133 cm³/mol. The Labute approximate surface area is 187 Å². The standard InChI is InChI=1S/C29H26N3/c1-17-10-8-11-18(2)25(17)21-16-20(4)27-28(30-21)26-19(3)12-9-15-24(26)32-23-14-7-6-13-22(23)31(5)29(27)32/h6-16H,1-5H3/q+1. The summed E-state index contributed by atoms with van der Waals surface area (Å²) in [4.78, 5) is 5.35. The van der Waals surface area contributed by atoms with Gasteiger partial charge in [-0.25, -0.2) is 9.55 Å². The van der Waals surface area contributed by atoms with Crippen LogP contribution in [0.15, 0.2) is 66.7 Å². The monoisotopic (exact) mass is 416 g/mol. The number of hydrogen-bond donors (Lipinski definition) is 0. The summed E-state index contributed by atoms with van der Waals surface area (Å²) >= 11 is 0. The van der Waals surface area contributed by atoms with Gasteiger partial charge >= 0.3 is 0 Å². The Morgan fingerprint density at radius 3 is 2.12 bits per heavy atom. The lowest BCUT2D eigenvalue weighted by atomic mass is 9.96. The molecule has 0 radical (unpaired) electrons. The van der Waals surface area contributed by atoms with Crippen molar-refractivity contribution in [3.8, 4) is 11.3 Å². The Morgan fingerprint density at radius 1 is 0.688 bits per heavy atom. The van der Waals surface area contributed by atoms with Gasteiger partial charge in [-0.1, -0.05) is 42.5 Å². The summed E-state index contributed by atoms with van der Waals surface area (Å²) in [6.45, 7) is 8.77. The normalized spacial score (nSPS) is 11.9. The third-order valence-corrected chi connectivity index (χ3v) is 6.92. The van der Waals surface area contributed by atoms with Crippen molar-refractivity contribution in [1.29, 1.82) is 0 Å². The van der Waals surface area contributed by atoms with Gasteiger partial charge in [-0.2, -0.15) is 4.40 Å². The second-order valence-corrected chi connectivity index (χ2v) is 8.99. The Kier molecular flexibility index (Phi) is 3.94. The average Bonchev–Trinajstić information content (AvgIpc) is 3.07. The molecular formula is C29H26N3+. The highest BCUT2D eigenvalue weighted by atomic mass is 15.1. The molecule has 0 amide bonds. The average molecular weight is 417 g/mol. The molecule has 0 saturated carbocycles. The third-order valence-electron chi connectivity index (χ3n) is 6.92. The Morgan fingerprint density at radius 2 is 1.34 bits per heavy atom. The molecule has 0 N–H and O–H groups in total. The summed E-state index contributed by atoms with van der Waals surface area (Å²) in [7, 11) is 2.16. The van der Waals surface area contributed by atoms with Gasteiger partial charge in [0.05, 0.1) is 29.0 Å². The van der Waals surface area contributed by atoms with Crippen molar-refractivity contribution >= 4 is 38.5 Å². The number of fused-ring (bicyclic) bond motifs is 8. The van der Waals surface area contributed by atoms with Gasteiger partial charge in [-0.05, 0) is 74.2 Å². The van der Waals surface area contributed by atoms with Crippen LogP contribution in [0.3, 0.4) is 0 Å². The highest BCUT2D eigenvalue weighted by Gasteiger charge is 2.26. The number of imidazole rings is 1. The van der Waals surface area contributed by atoms with Gasteiger partial charge in [0.2, 0.25) is 0 Å². The molecule has 0 spiro atoms. The van der Waals surface area contributed by atoms with E-state index in [2.05, 4.69) is 110 Å². The lowest BCUT2D eigenvalue weighted by Crippen LogP contribution is -2.27. The van der Waals surface area contributed by atoms with Gasteiger partial charge in [0, 0.05) is 5.56 Å². The molecule has 0 aliphatic carbocycles. The number of aromatic nitrogens is 3. The fourth-order valence-corrected chi connectivity index (χ4v) is 5.47. The largest absolute Gasteiger partial charge is 0.297 e. The maximum Gasteiger partial charge on any atom is 0.297 e. The van der Waals surface area contributed by atoms with E-state index in [-0.39, 0.29) is 0 Å². The van der Waals surface area contributed by atoms with Crippen LogP contribution >= 0.6 is 0 Å². The van der Waals surface area contributed by atoms with E-state index in [1.54, 1.807) is 0 Å². The van der Waals surface area contributed by atoms with Crippen LogP contribution in [-0.4, -0.2) is 9.38 Å². The van der Waals surface area contributed by atoms with E-state index in [1.807, 2.05) is 0 Å². The SMILES string of the molecule is Cc1cccc(C)c1-c1cc(C)c2c(n1)c1c(C)cccc1n1c3ccccc3[n+](C)c21. The minimum absolute atomic E-state index is 1.05. The van der Waals surface area contributed by atoms with Crippen LogP contribution in [0, 0.1) is 27.7 Å². The number of benzene rings is 3. The highest BCUT2D eigenvalue weighted by Crippen LogP contribution is 2.36. The topological polar surface area (TPSA) is 21.2 Å². The molecule has 0 atom stereocenters. The van der Waals surface area contributed by atoms with Crippen LogP contribution in [0.5, 0.6) is 0 Å². The summed E-state index contributed by atoms with van der Waals surface area (Å²) in [5.74, 6) is 0. The first kappa shape index (κ1) is 19.0. The van der Waals surface area contributed by atoms with Crippen molar-refractivity contribution < 1.29 is 4.57 Å². The van der Waals surface area contributed by atoms with E-state index in [1.165, 1.54) is 60.8 Å². The van der Waals surface area contributed by atoms with Gasteiger partial charge in [0.15, 0.2) is 11.0 Å². The fraction of sp³-hybridized carbons (Fsp3) is 0.172. The van der Waals surface area contributed by atoms with Crippen molar-refractivity contribution in [1.82, 2.24) is 9.38 Å². The first-order valence-corrected chi connectivity index (χ1v) is 11.2. The summed E-state index contributed by atoms with van der Waals surface area (Å²) in [6, 6.07) is 24.0. The van der Waals surface area contributed by atoms with Crippen molar-refractivity contribution in [3.63, 3.8) is 0 Å². The smallest absolute Gasteiger partial charge is 0.247 e. The van der Waals surface area contributed by atoms with Gasteiger partial charge < -0.3 is 0 Å². The van der Waals surface area contributed by atoms with Crippen molar-refractivity contribution in [3.05, 3.63) is 89.0 Å². The predicted octanol–water partition coefficient (Wildman–Crippen LogP) is 6.52. The van der Waals surface area contributed by atoms with Gasteiger partial charge in [-0.15, -0.1) is 0 Å². The van der Waals surface area contributed by atoms with E-state index in [0.29, 0.717) is 0 Å². The van der Waals surface area contributed by atoms with Crippen LogP contribution in [0.4, 0.5) is 0 Å². The quantitative estimate of drug-likeness (QED) is 0.221. The van der Waals surface area contributed by atoms with Crippen molar-refractivity contribution in [2.75, 3.05) is 0 Å². The molecule has 156 valence electrons. The molecule has 32 heavy (non-hydrogen) atoms. The number of rotatable bonds is 1. The zero-order chi connectivity index (χ0) is 22.1. The number of para-hydroxylation sites is 2. The Bertz CT molecular complexity index is 1700. The second-order valence-electron chi connectivity index (χ2n) is 8.99. The molecule has 0 aliphatic heterocycles. The molecule has 0 aliphatic rings. The highest BCUT2D eigenvalue weighted by molar-refractivity contribution is 6.13. The summed E-state index contributed by atoms with van der Waals surface area (Å²) in [6.07, 6.45) is 0. The summed E-state index contributed by atoms with van der Waals surface area (Å²) in [5, 5.41) is 2.45. The van der Waals surface area contributed by atoms with E-state index >= 15 is 0 Å². The van der Waals surface area contributed by atoms with Gasteiger partial charge in [-0.3, -0.25) is 0 Å². The van der Waals surface area contributed by atoms with Crippen LogP contribution in [0.1, 0.15) is 22.3 Å². The summed E-state index contributed by atoms with van der Waals surface area (Å²) < 4.78 is 4.72. The third kappa shape index (κ3) is 2.42. The maximum atomic E-state index is 5.35. The van der Waals surface area contributed by atoms with Crippen LogP contribution in [0.25, 0.3) is 49.7 Å². The Balaban J connectivity index is 1.92. The zero-order valence-electron chi connectivity index (χ0n) is 19.2. The van der Waals surface area contributed by atoms with Crippen molar-refractivity contribution in [2.24, 2.45) is 7.05 Å². The zero-order valence-corrected chi connectivity index (χ0v) is 19.2. The molecule has 3 aromatic carbocycles. The van der Waals surface area contributed by atoms with Crippen molar-refractivity contribution in [2.45, 2.75) is 27.7 Å². The molecule has 6 aromatic rings. The summed E-state index contributed by atoms with van der Waals surface area (Å²) in [5.41, 5.74) is 13.2. The van der Waals surface area contributed by atoms with E-state index in [9.17, 15) is 0 Å². The van der Waals surface area contributed by atoms with E-state index in [0.717, 1.165) is 11.2 Å². The van der Waals surface area contributed by atoms with Crippen LogP contribution in [0.2, 0.25) is 0 Å². The molecule has 3 heterocycles. The number of pyridine rings is 2. The van der Waals surface area contributed by atoms with E-state index in [4.69, 9.17) is 4.98 Å². The molecule has 3 aromatic heterocycles. The Hall–Kier alpha value is -3.72. The van der Waals surface area contributed by atoms with Crippen LogP contribution in [-0.2, 0) is 7.05 Å². The molecule has 0 bridgehead atoms. The van der Waals surface area contributed by atoms with E-state index < -0.39 is 0 Å². The lowest BCUT2D eigenvalue weighted by molar-refractivity contribution is -0.617. The molecule has 0 fully saturated rings. The molecule has 0 saturated heterocycles.